The number of rotatable bonds is 3. The Hall–Kier alpha value is -2.23. The van der Waals surface area contributed by atoms with Gasteiger partial charge in [0.1, 0.15) is 5.75 Å². The van der Waals surface area contributed by atoms with Gasteiger partial charge in [-0.15, -0.1) is 0 Å². The third-order valence-electron chi connectivity index (χ3n) is 3.51. The normalized spacial score (nSPS) is 15.5. The van der Waals surface area contributed by atoms with E-state index in [0.29, 0.717) is 21.2 Å². The molecule has 3 rings (SSSR count). The molecule has 0 spiro atoms. The van der Waals surface area contributed by atoms with Crippen LogP contribution in [0.15, 0.2) is 54.1 Å². The molecule has 0 unspecified atom stereocenters. The lowest BCUT2D eigenvalue weighted by atomic mass is 10.1. The predicted molar refractivity (Wildman–Crippen MR) is 93.6 cm³/mol. The van der Waals surface area contributed by atoms with Gasteiger partial charge in [-0.1, -0.05) is 29.3 Å². The Balaban J connectivity index is 1.96. The van der Waals surface area contributed by atoms with Crippen LogP contribution in [0.3, 0.4) is 0 Å². The lowest BCUT2D eigenvalue weighted by molar-refractivity contribution is -0.115. The zero-order valence-corrected chi connectivity index (χ0v) is 13.8. The average Bonchev–Trinajstić information content (AvgIpc) is 2.92. The topological polar surface area (TPSA) is 38.3 Å². The standard InChI is InChI=1S/C18H13Cl2NO2/c1-23-13-7-5-11(6-8-13)17-10-12(18(22)21-17)9-14-15(19)3-2-4-16(14)20/h2-10H,1H3,(H,21,22)/b12-9+. The second kappa shape index (κ2) is 6.49. The molecule has 2 aromatic carbocycles. The van der Waals surface area contributed by atoms with Gasteiger partial charge in [0.15, 0.2) is 0 Å². The monoisotopic (exact) mass is 345 g/mol. The molecule has 5 heteroatoms. The van der Waals surface area contributed by atoms with E-state index in [4.69, 9.17) is 27.9 Å². The second-order valence-electron chi connectivity index (χ2n) is 4.98. The lowest BCUT2D eigenvalue weighted by Gasteiger charge is -2.04. The summed E-state index contributed by atoms with van der Waals surface area (Å²) in [5.41, 5.74) is 2.76. The van der Waals surface area contributed by atoms with Gasteiger partial charge in [-0.05, 0) is 54.1 Å². The van der Waals surface area contributed by atoms with E-state index in [0.717, 1.165) is 17.0 Å². The van der Waals surface area contributed by atoms with Crippen molar-refractivity contribution in [3.8, 4) is 5.75 Å². The average molecular weight is 346 g/mol. The molecule has 23 heavy (non-hydrogen) atoms. The Kier molecular flexibility index (Phi) is 4.42. The smallest absolute Gasteiger partial charge is 0.255 e. The number of methoxy groups -OCH3 is 1. The largest absolute Gasteiger partial charge is 0.497 e. The maximum absolute atomic E-state index is 12.2. The van der Waals surface area contributed by atoms with Gasteiger partial charge in [0, 0.05) is 26.9 Å². The van der Waals surface area contributed by atoms with Crippen LogP contribution in [0.2, 0.25) is 10.0 Å². The van der Waals surface area contributed by atoms with E-state index in [-0.39, 0.29) is 5.91 Å². The van der Waals surface area contributed by atoms with Crippen LogP contribution in [0.25, 0.3) is 11.8 Å². The lowest BCUT2D eigenvalue weighted by Crippen LogP contribution is -2.15. The van der Waals surface area contributed by atoms with Gasteiger partial charge in [-0.3, -0.25) is 4.79 Å². The van der Waals surface area contributed by atoms with Crippen LogP contribution in [0.5, 0.6) is 5.75 Å². The minimum atomic E-state index is -0.188. The number of ether oxygens (including phenoxy) is 1. The van der Waals surface area contributed by atoms with Crippen molar-refractivity contribution in [2.45, 2.75) is 0 Å². The molecule has 0 atom stereocenters. The van der Waals surface area contributed by atoms with Crippen LogP contribution >= 0.6 is 23.2 Å². The van der Waals surface area contributed by atoms with Crippen molar-refractivity contribution in [3.63, 3.8) is 0 Å². The number of hydrogen-bond acceptors (Lipinski definition) is 2. The molecule has 0 saturated heterocycles. The van der Waals surface area contributed by atoms with Gasteiger partial charge < -0.3 is 10.1 Å². The van der Waals surface area contributed by atoms with Crippen molar-refractivity contribution < 1.29 is 9.53 Å². The summed E-state index contributed by atoms with van der Waals surface area (Å²) in [6, 6.07) is 12.7. The number of amides is 1. The van der Waals surface area contributed by atoms with Crippen molar-refractivity contribution in [1.82, 2.24) is 5.32 Å². The highest BCUT2D eigenvalue weighted by molar-refractivity contribution is 6.37. The maximum Gasteiger partial charge on any atom is 0.255 e. The predicted octanol–water partition coefficient (Wildman–Crippen LogP) is 4.56. The summed E-state index contributed by atoms with van der Waals surface area (Å²) in [4.78, 5) is 12.2. The molecule has 1 aliphatic rings. The highest BCUT2D eigenvalue weighted by Gasteiger charge is 2.20. The van der Waals surface area contributed by atoms with E-state index in [2.05, 4.69) is 5.32 Å². The minimum absolute atomic E-state index is 0.188. The summed E-state index contributed by atoms with van der Waals surface area (Å²) in [6.45, 7) is 0. The van der Waals surface area contributed by atoms with Crippen molar-refractivity contribution in [2.24, 2.45) is 0 Å². The van der Waals surface area contributed by atoms with Crippen LogP contribution < -0.4 is 10.1 Å². The molecule has 0 fully saturated rings. The molecular formula is C18H13Cl2NO2. The maximum atomic E-state index is 12.2. The number of halogens is 2. The molecule has 0 aliphatic carbocycles. The molecule has 1 aliphatic heterocycles. The number of nitrogens with one attached hydrogen (secondary N) is 1. The van der Waals surface area contributed by atoms with Gasteiger partial charge >= 0.3 is 0 Å². The third-order valence-corrected chi connectivity index (χ3v) is 4.17. The van der Waals surface area contributed by atoms with Gasteiger partial charge in [0.05, 0.1) is 7.11 Å². The molecular weight excluding hydrogens is 333 g/mol. The second-order valence-corrected chi connectivity index (χ2v) is 5.79. The molecule has 2 aromatic rings. The summed E-state index contributed by atoms with van der Waals surface area (Å²) >= 11 is 12.3. The number of hydrogen-bond donors (Lipinski definition) is 1. The molecule has 0 radical (unpaired) electrons. The van der Waals surface area contributed by atoms with Crippen LogP contribution in [0.1, 0.15) is 11.1 Å². The van der Waals surface area contributed by atoms with Crippen molar-refractivity contribution in [3.05, 3.63) is 75.3 Å². The van der Waals surface area contributed by atoms with E-state index < -0.39 is 0 Å². The number of benzene rings is 2. The molecule has 116 valence electrons. The van der Waals surface area contributed by atoms with Crippen LogP contribution in [-0.2, 0) is 4.79 Å². The summed E-state index contributed by atoms with van der Waals surface area (Å²) in [7, 11) is 1.61. The summed E-state index contributed by atoms with van der Waals surface area (Å²) in [6.07, 6.45) is 3.47. The Morgan fingerprint density at radius 2 is 1.70 bits per heavy atom. The Morgan fingerprint density at radius 1 is 1.04 bits per heavy atom. The van der Waals surface area contributed by atoms with Crippen molar-refractivity contribution in [1.29, 1.82) is 0 Å². The Bertz CT molecular complexity index is 803. The SMILES string of the molecule is COc1ccc(C2=C/C(=C\c3c(Cl)cccc3Cl)C(=O)N2)cc1. The molecule has 3 nitrogen and oxygen atoms in total. The fraction of sp³-hybridized carbons (Fsp3) is 0.0556. The summed E-state index contributed by atoms with van der Waals surface area (Å²) in [5.74, 6) is 0.573. The molecule has 1 N–H and O–H groups in total. The minimum Gasteiger partial charge on any atom is -0.497 e. The molecule has 0 bridgehead atoms. The van der Waals surface area contributed by atoms with E-state index in [1.54, 1.807) is 37.5 Å². The summed E-state index contributed by atoms with van der Waals surface area (Å²) in [5, 5.41) is 3.85. The van der Waals surface area contributed by atoms with Crippen LogP contribution in [0, 0.1) is 0 Å². The quantitative estimate of drug-likeness (QED) is 0.828. The molecule has 0 aromatic heterocycles. The number of carbonyl (C=O) groups is 1. The van der Waals surface area contributed by atoms with Gasteiger partial charge in [-0.2, -0.15) is 0 Å². The van der Waals surface area contributed by atoms with Gasteiger partial charge in [0.2, 0.25) is 0 Å². The first-order valence-electron chi connectivity index (χ1n) is 6.91. The van der Waals surface area contributed by atoms with Crippen LogP contribution in [-0.4, -0.2) is 13.0 Å². The zero-order valence-electron chi connectivity index (χ0n) is 12.3. The fourth-order valence-corrected chi connectivity index (χ4v) is 2.80. The van der Waals surface area contributed by atoms with E-state index in [1.807, 2.05) is 24.3 Å². The van der Waals surface area contributed by atoms with Crippen molar-refractivity contribution >= 4 is 40.9 Å². The first-order valence-corrected chi connectivity index (χ1v) is 7.67. The van der Waals surface area contributed by atoms with E-state index in [1.165, 1.54) is 0 Å². The Morgan fingerprint density at radius 3 is 2.30 bits per heavy atom. The zero-order chi connectivity index (χ0) is 16.4. The Labute approximate surface area is 144 Å². The van der Waals surface area contributed by atoms with Gasteiger partial charge in [0.25, 0.3) is 5.91 Å². The molecule has 1 amide bonds. The van der Waals surface area contributed by atoms with Gasteiger partial charge in [-0.25, -0.2) is 0 Å². The highest BCUT2D eigenvalue weighted by Crippen LogP contribution is 2.29. The van der Waals surface area contributed by atoms with E-state index >= 15 is 0 Å². The summed E-state index contributed by atoms with van der Waals surface area (Å²) < 4.78 is 5.13. The van der Waals surface area contributed by atoms with Crippen LogP contribution in [0.4, 0.5) is 0 Å². The molecule has 0 saturated carbocycles. The molecule has 1 heterocycles. The van der Waals surface area contributed by atoms with Crippen molar-refractivity contribution in [2.75, 3.05) is 7.11 Å². The third kappa shape index (κ3) is 3.26. The first kappa shape index (κ1) is 15.7. The fourth-order valence-electron chi connectivity index (χ4n) is 2.29. The van der Waals surface area contributed by atoms with E-state index in [9.17, 15) is 4.79 Å². The first-order chi connectivity index (χ1) is 11.1. The highest BCUT2D eigenvalue weighted by atomic mass is 35.5. The number of carbonyl (C=O) groups excluding carboxylic acids is 1.